The fraction of sp³-hybridized carbons (Fsp3) is 0.0476. The van der Waals surface area contributed by atoms with Gasteiger partial charge in [-0.05, 0) is 42.1 Å². The molecule has 0 aliphatic heterocycles. The van der Waals surface area contributed by atoms with E-state index in [1.54, 1.807) is 12.1 Å². The summed E-state index contributed by atoms with van der Waals surface area (Å²) in [5.74, 6) is -0.168. The van der Waals surface area contributed by atoms with Crippen LogP contribution in [-0.4, -0.2) is 33.1 Å². The molecule has 10 heteroatoms. The first-order chi connectivity index (χ1) is 14.9. The van der Waals surface area contributed by atoms with E-state index in [-0.39, 0.29) is 16.3 Å². The highest BCUT2D eigenvalue weighted by Crippen LogP contribution is 2.35. The molecule has 156 valence electrons. The lowest BCUT2D eigenvalue weighted by Gasteiger charge is -2.05. The van der Waals surface area contributed by atoms with Gasteiger partial charge in [0.25, 0.3) is 5.69 Å². The molecule has 2 heterocycles. The number of carboxylic acids is 1. The summed E-state index contributed by atoms with van der Waals surface area (Å²) in [6.45, 7) is 0. The average Bonchev–Trinajstić information content (AvgIpc) is 3.39. The summed E-state index contributed by atoms with van der Waals surface area (Å²) in [6.07, 6.45) is 1.39. The lowest BCUT2D eigenvalue weighted by Crippen LogP contribution is -1.96. The van der Waals surface area contributed by atoms with Crippen LogP contribution in [0.25, 0.3) is 28.4 Å². The van der Waals surface area contributed by atoms with E-state index in [0.29, 0.717) is 22.2 Å². The number of aromatic amines is 1. The van der Waals surface area contributed by atoms with Gasteiger partial charge in [0.05, 0.1) is 34.7 Å². The van der Waals surface area contributed by atoms with E-state index in [1.165, 1.54) is 31.4 Å². The van der Waals surface area contributed by atoms with Gasteiger partial charge in [-0.15, -0.1) is 0 Å². The van der Waals surface area contributed by atoms with Crippen LogP contribution in [0.3, 0.4) is 0 Å². The molecule has 2 aromatic heterocycles. The summed E-state index contributed by atoms with van der Waals surface area (Å²) in [5.41, 5.74) is 1.94. The van der Waals surface area contributed by atoms with Crippen molar-refractivity contribution in [2.24, 2.45) is 0 Å². The molecule has 0 spiro atoms. The maximum Gasteiger partial charge on any atom is 0.342 e. The third kappa shape index (κ3) is 4.28. The maximum atomic E-state index is 11.7. The number of nitrogens with one attached hydrogen (secondary N) is 1. The number of rotatable bonds is 7. The number of non-ortho nitro benzene ring substituents is 1. The lowest BCUT2D eigenvalue weighted by molar-refractivity contribution is -0.384. The summed E-state index contributed by atoms with van der Waals surface area (Å²) < 4.78 is 11.0. The molecule has 2 N–H and O–H groups in total. The summed E-state index contributed by atoms with van der Waals surface area (Å²) >= 11 is 0.971. The van der Waals surface area contributed by atoms with Gasteiger partial charge in [-0.1, -0.05) is 12.1 Å². The first kappa shape index (κ1) is 20.2. The van der Waals surface area contributed by atoms with Crippen molar-refractivity contribution in [1.82, 2.24) is 9.97 Å². The molecular weight excluding hydrogens is 422 g/mol. The Hall–Kier alpha value is -4.05. The minimum absolute atomic E-state index is 0.00983. The fourth-order valence-electron chi connectivity index (χ4n) is 2.92. The van der Waals surface area contributed by atoms with E-state index in [0.717, 1.165) is 22.8 Å². The van der Waals surface area contributed by atoms with Crippen LogP contribution in [0.1, 0.15) is 5.76 Å². The number of ether oxygens (including phenoxy) is 1. The Kier molecular flexibility index (Phi) is 5.46. The second kappa shape index (κ2) is 8.36. The highest BCUT2D eigenvalue weighted by atomic mass is 32.2. The van der Waals surface area contributed by atoms with E-state index < -0.39 is 10.9 Å². The Morgan fingerprint density at radius 1 is 1.26 bits per heavy atom. The van der Waals surface area contributed by atoms with Crippen molar-refractivity contribution in [2.75, 3.05) is 7.11 Å². The Balaban J connectivity index is 1.63. The number of aliphatic carboxylic acids is 1. The van der Waals surface area contributed by atoms with Gasteiger partial charge in [0.2, 0.25) is 0 Å². The predicted octanol–water partition coefficient (Wildman–Crippen LogP) is 4.96. The largest absolute Gasteiger partial charge is 0.496 e. The van der Waals surface area contributed by atoms with Crippen molar-refractivity contribution in [1.29, 1.82) is 0 Å². The number of thioether (sulfide) groups is 1. The van der Waals surface area contributed by atoms with Gasteiger partial charge in [0.1, 0.15) is 22.2 Å². The van der Waals surface area contributed by atoms with Crippen LogP contribution in [0.2, 0.25) is 0 Å². The zero-order valence-electron chi connectivity index (χ0n) is 16.1. The van der Waals surface area contributed by atoms with Crippen LogP contribution in [0.5, 0.6) is 5.75 Å². The van der Waals surface area contributed by atoms with E-state index in [2.05, 4.69) is 9.97 Å². The van der Waals surface area contributed by atoms with Gasteiger partial charge in [-0.2, -0.15) is 0 Å². The Bertz CT molecular complexity index is 1290. The first-order valence-corrected chi connectivity index (χ1v) is 9.76. The summed E-state index contributed by atoms with van der Waals surface area (Å²) in [6, 6.07) is 14.8. The minimum atomic E-state index is -1.13. The molecule has 9 nitrogen and oxygen atoms in total. The molecule has 4 aromatic rings. The molecule has 0 bridgehead atoms. The number of H-pyrrole nitrogens is 1. The highest BCUT2D eigenvalue weighted by Gasteiger charge is 2.17. The van der Waals surface area contributed by atoms with Crippen LogP contribution in [0.4, 0.5) is 5.69 Å². The van der Waals surface area contributed by atoms with Gasteiger partial charge in [-0.25, -0.2) is 9.78 Å². The smallest absolute Gasteiger partial charge is 0.342 e. The number of furan rings is 1. The maximum absolute atomic E-state index is 11.7. The number of benzene rings is 2. The summed E-state index contributed by atoms with van der Waals surface area (Å²) in [7, 11) is 1.40. The quantitative estimate of drug-likeness (QED) is 0.179. The number of nitrogens with zero attached hydrogens (tertiary/aromatic N) is 2. The molecular formula is C21H15N3O6S. The highest BCUT2D eigenvalue weighted by molar-refractivity contribution is 8.04. The second-order valence-corrected chi connectivity index (χ2v) is 7.35. The van der Waals surface area contributed by atoms with Gasteiger partial charge < -0.3 is 19.2 Å². The third-order valence-corrected chi connectivity index (χ3v) is 5.25. The molecule has 0 saturated heterocycles. The number of nitro benzene ring substituents is 1. The van der Waals surface area contributed by atoms with E-state index in [1.807, 2.05) is 24.3 Å². The minimum Gasteiger partial charge on any atom is -0.496 e. The molecule has 0 aliphatic rings. The Morgan fingerprint density at radius 2 is 2.06 bits per heavy atom. The SMILES string of the molecule is COc1cc([N+](=O)[O-])ccc1-c1ccc(/C=C(\Sc2nc3ccccc3[nH]2)C(=O)O)o1. The molecule has 0 aliphatic carbocycles. The molecule has 0 atom stereocenters. The predicted molar refractivity (Wildman–Crippen MR) is 115 cm³/mol. The summed E-state index contributed by atoms with van der Waals surface area (Å²) in [5, 5.41) is 21.0. The van der Waals surface area contributed by atoms with Crippen molar-refractivity contribution < 1.29 is 24.0 Å². The molecule has 0 fully saturated rings. The van der Waals surface area contributed by atoms with Gasteiger partial charge >= 0.3 is 5.97 Å². The van der Waals surface area contributed by atoms with Gasteiger partial charge in [0, 0.05) is 12.1 Å². The summed E-state index contributed by atoms with van der Waals surface area (Å²) in [4.78, 5) is 29.7. The number of hydrogen-bond donors (Lipinski definition) is 2. The van der Waals surface area contributed by atoms with Crippen LogP contribution in [0.15, 0.2) is 69.1 Å². The normalized spacial score (nSPS) is 11.6. The van der Waals surface area contributed by atoms with Gasteiger partial charge in [0.15, 0.2) is 5.16 Å². The molecule has 0 amide bonds. The number of carboxylic acid groups (broad SMARTS) is 1. The Labute approximate surface area is 179 Å². The van der Waals surface area contributed by atoms with Crippen molar-refractivity contribution in [3.8, 4) is 17.1 Å². The van der Waals surface area contributed by atoms with Crippen molar-refractivity contribution in [2.45, 2.75) is 5.16 Å². The molecule has 0 radical (unpaired) electrons. The number of imidazole rings is 1. The zero-order chi connectivity index (χ0) is 22.0. The number of para-hydroxylation sites is 2. The van der Waals surface area contributed by atoms with Crippen LogP contribution >= 0.6 is 11.8 Å². The standard InChI is InChI=1S/C21H15N3O6S/c1-29-18-10-12(24(27)28)6-8-14(18)17-9-7-13(30-17)11-19(20(25)26)31-21-22-15-4-2-3-5-16(15)23-21/h2-11H,1H3,(H,22,23)(H,25,26)/b19-11-. The Morgan fingerprint density at radius 3 is 2.77 bits per heavy atom. The van der Waals surface area contributed by atoms with E-state index in [4.69, 9.17) is 9.15 Å². The number of carbonyl (C=O) groups is 1. The topological polar surface area (TPSA) is 131 Å². The van der Waals surface area contributed by atoms with Crippen molar-refractivity contribution in [3.05, 3.63) is 75.4 Å². The molecule has 2 aromatic carbocycles. The van der Waals surface area contributed by atoms with Crippen LogP contribution < -0.4 is 4.74 Å². The molecule has 31 heavy (non-hydrogen) atoms. The van der Waals surface area contributed by atoms with Gasteiger partial charge in [-0.3, -0.25) is 10.1 Å². The van der Waals surface area contributed by atoms with Crippen LogP contribution in [-0.2, 0) is 4.79 Å². The number of hydrogen-bond acceptors (Lipinski definition) is 7. The van der Waals surface area contributed by atoms with Crippen LogP contribution in [0, 0.1) is 10.1 Å². The zero-order valence-corrected chi connectivity index (χ0v) is 16.9. The number of methoxy groups -OCH3 is 1. The monoisotopic (exact) mass is 437 g/mol. The number of fused-ring (bicyclic) bond motifs is 1. The van der Waals surface area contributed by atoms with Crippen molar-refractivity contribution in [3.63, 3.8) is 0 Å². The molecule has 4 rings (SSSR count). The van der Waals surface area contributed by atoms with E-state index >= 15 is 0 Å². The number of nitro groups is 1. The van der Waals surface area contributed by atoms with Crippen molar-refractivity contribution >= 4 is 40.5 Å². The third-order valence-electron chi connectivity index (χ3n) is 4.35. The second-order valence-electron chi connectivity index (χ2n) is 6.32. The van der Waals surface area contributed by atoms with E-state index in [9.17, 15) is 20.0 Å². The molecule has 0 unspecified atom stereocenters. The lowest BCUT2D eigenvalue weighted by atomic mass is 10.1. The fourth-order valence-corrected chi connectivity index (χ4v) is 3.69. The average molecular weight is 437 g/mol. The first-order valence-electron chi connectivity index (χ1n) is 8.95. The number of aromatic nitrogens is 2. The molecule has 0 saturated carbocycles.